The quantitative estimate of drug-likeness (QED) is 0.880. The van der Waals surface area contributed by atoms with E-state index >= 15 is 0 Å². The molecule has 3 nitrogen and oxygen atoms in total. The van der Waals surface area contributed by atoms with Crippen LogP contribution in [0.15, 0.2) is 27.6 Å². The summed E-state index contributed by atoms with van der Waals surface area (Å²) in [4.78, 5) is 0.245. The van der Waals surface area contributed by atoms with Crippen LogP contribution in [0, 0.1) is 11.8 Å². The van der Waals surface area contributed by atoms with Crippen LogP contribution in [-0.4, -0.2) is 15.0 Å². The van der Waals surface area contributed by atoms with Gasteiger partial charge in [-0.25, -0.2) is 13.1 Å². The van der Waals surface area contributed by atoms with Crippen molar-refractivity contribution in [1.82, 2.24) is 4.72 Å². The molecule has 1 N–H and O–H groups in total. The van der Waals surface area contributed by atoms with Gasteiger partial charge in [-0.2, -0.15) is 0 Å². The summed E-state index contributed by atoms with van der Waals surface area (Å²) in [5, 5.41) is 0.503. The van der Waals surface area contributed by atoms with Crippen LogP contribution in [0.1, 0.15) is 26.2 Å². The fourth-order valence-electron chi connectivity index (χ4n) is 2.47. The molecule has 0 bridgehead atoms. The SMILES string of the molecule is CC1CCC(CNS(=O)(=O)c2ccc(Cl)c(Br)c2)C1. The van der Waals surface area contributed by atoms with Gasteiger partial charge in [0.15, 0.2) is 0 Å². The first kappa shape index (κ1) is 15.3. The molecular formula is C13H17BrClNO2S. The Kier molecular flexibility index (Phi) is 4.93. The second-order valence-corrected chi connectivity index (χ2v) is 8.24. The molecule has 0 amide bonds. The van der Waals surface area contributed by atoms with Crippen molar-refractivity contribution in [3.63, 3.8) is 0 Å². The van der Waals surface area contributed by atoms with Crippen molar-refractivity contribution in [2.75, 3.05) is 6.54 Å². The highest BCUT2D eigenvalue weighted by Gasteiger charge is 2.23. The van der Waals surface area contributed by atoms with Crippen molar-refractivity contribution in [2.45, 2.75) is 31.1 Å². The molecule has 2 rings (SSSR count). The first-order valence-electron chi connectivity index (χ1n) is 6.33. The van der Waals surface area contributed by atoms with Crippen molar-refractivity contribution in [3.05, 3.63) is 27.7 Å². The van der Waals surface area contributed by atoms with Crippen LogP contribution < -0.4 is 4.72 Å². The lowest BCUT2D eigenvalue weighted by atomic mass is 10.1. The van der Waals surface area contributed by atoms with E-state index < -0.39 is 10.0 Å². The van der Waals surface area contributed by atoms with E-state index in [9.17, 15) is 8.42 Å². The maximum absolute atomic E-state index is 12.2. The molecule has 0 heterocycles. The zero-order valence-electron chi connectivity index (χ0n) is 10.7. The van der Waals surface area contributed by atoms with Crippen molar-refractivity contribution in [2.24, 2.45) is 11.8 Å². The lowest BCUT2D eigenvalue weighted by Crippen LogP contribution is -2.28. The van der Waals surface area contributed by atoms with Gasteiger partial charge in [-0.15, -0.1) is 0 Å². The van der Waals surface area contributed by atoms with Gasteiger partial charge >= 0.3 is 0 Å². The third-order valence-electron chi connectivity index (χ3n) is 3.57. The highest BCUT2D eigenvalue weighted by molar-refractivity contribution is 9.10. The molecule has 1 saturated carbocycles. The molecule has 19 heavy (non-hydrogen) atoms. The molecule has 1 aromatic rings. The smallest absolute Gasteiger partial charge is 0.211 e. The molecule has 1 aliphatic rings. The predicted molar refractivity (Wildman–Crippen MR) is 80.8 cm³/mol. The zero-order chi connectivity index (χ0) is 14.0. The maximum atomic E-state index is 12.2. The van der Waals surface area contributed by atoms with Crippen LogP contribution in [0.3, 0.4) is 0 Å². The fraction of sp³-hybridized carbons (Fsp3) is 0.538. The van der Waals surface area contributed by atoms with Gasteiger partial charge in [-0.3, -0.25) is 0 Å². The highest BCUT2D eigenvalue weighted by Crippen LogP contribution is 2.30. The Morgan fingerprint density at radius 2 is 2.16 bits per heavy atom. The Bertz CT molecular complexity index is 562. The fourth-order valence-corrected chi connectivity index (χ4v) is 4.26. The molecule has 0 radical (unpaired) electrons. The average molecular weight is 367 g/mol. The minimum Gasteiger partial charge on any atom is -0.211 e. The lowest BCUT2D eigenvalue weighted by Gasteiger charge is -2.12. The van der Waals surface area contributed by atoms with E-state index in [0.29, 0.717) is 27.9 Å². The largest absolute Gasteiger partial charge is 0.240 e. The molecule has 6 heteroatoms. The summed E-state index contributed by atoms with van der Waals surface area (Å²) in [6, 6.07) is 4.63. The molecule has 2 atom stereocenters. The van der Waals surface area contributed by atoms with Gasteiger partial charge in [-0.1, -0.05) is 24.9 Å². The first-order chi connectivity index (χ1) is 8.88. The monoisotopic (exact) mass is 365 g/mol. The number of rotatable bonds is 4. The summed E-state index contributed by atoms with van der Waals surface area (Å²) in [6.07, 6.45) is 3.40. The summed E-state index contributed by atoms with van der Waals surface area (Å²) in [7, 11) is -3.44. The van der Waals surface area contributed by atoms with E-state index in [1.165, 1.54) is 18.6 Å². The molecule has 1 aromatic carbocycles. The van der Waals surface area contributed by atoms with Gasteiger partial charge < -0.3 is 0 Å². The summed E-state index contributed by atoms with van der Waals surface area (Å²) in [5.74, 6) is 1.17. The Morgan fingerprint density at radius 1 is 1.42 bits per heavy atom. The lowest BCUT2D eigenvalue weighted by molar-refractivity contribution is 0.498. The van der Waals surface area contributed by atoms with Crippen molar-refractivity contribution in [1.29, 1.82) is 0 Å². The zero-order valence-corrected chi connectivity index (χ0v) is 13.9. The van der Waals surface area contributed by atoms with E-state index in [1.54, 1.807) is 6.07 Å². The van der Waals surface area contributed by atoms with Crippen LogP contribution in [0.4, 0.5) is 0 Å². The van der Waals surface area contributed by atoms with Crippen LogP contribution in [0.25, 0.3) is 0 Å². The van der Waals surface area contributed by atoms with E-state index in [1.807, 2.05) is 0 Å². The van der Waals surface area contributed by atoms with Gasteiger partial charge in [-0.05, 0) is 58.8 Å². The molecule has 2 unspecified atom stereocenters. The summed E-state index contributed by atoms with van der Waals surface area (Å²) in [5.41, 5.74) is 0. The number of benzene rings is 1. The van der Waals surface area contributed by atoms with Crippen LogP contribution >= 0.6 is 27.5 Å². The molecule has 0 aromatic heterocycles. The first-order valence-corrected chi connectivity index (χ1v) is 8.98. The number of halogens is 2. The maximum Gasteiger partial charge on any atom is 0.240 e. The highest BCUT2D eigenvalue weighted by atomic mass is 79.9. The van der Waals surface area contributed by atoms with Gasteiger partial charge in [0.25, 0.3) is 0 Å². The van der Waals surface area contributed by atoms with Gasteiger partial charge in [0, 0.05) is 11.0 Å². The van der Waals surface area contributed by atoms with Crippen LogP contribution in [-0.2, 0) is 10.0 Å². The number of nitrogens with one attached hydrogen (secondary N) is 1. The summed E-state index contributed by atoms with van der Waals surface area (Å²) < 4.78 is 27.6. The van der Waals surface area contributed by atoms with E-state index in [0.717, 1.165) is 12.8 Å². The topological polar surface area (TPSA) is 46.2 Å². The normalized spacial score (nSPS) is 23.7. The summed E-state index contributed by atoms with van der Waals surface area (Å²) >= 11 is 9.10. The third kappa shape index (κ3) is 3.94. The third-order valence-corrected chi connectivity index (χ3v) is 6.20. The molecule has 0 spiro atoms. The Balaban J connectivity index is 2.03. The van der Waals surface area contributed by atoms with Crippen LogP contribution in [0.5, 0.6) is 0 Å². The second kappa shape index (κ2) is 6.12. The standard InChI is InChI=1S/C13H17BrClNO2S/c1-9-2-3-10(6-9)8-16-19(17,18)11-4-5-13(15)12(14)7-11/h4-5,7,9-10,16H,2-3,6,8H2,1H3. The Labute approximate surface area is 127 Å². The van der Waals surface area contributed by atoms with E-state index in [-0.39, 0.29) is 4.90 Å². The van der Waals surface area contributed by atoms with Crippen molar-refractivity contribution in [3.8, 4) is 0 Å². The van der Waals surface area contributed by atoms with E-state index in [2.05, 4.69) is 27.6 Å². The number of hydrogen-bond acceptors (Lipinski definition) is 2. The molecule has 0 aliphatic heterocycles. The Hall–Kier alpha value is -0.100. The Morgan fingerprint density at radius 3 is 2.74 bits per heavy atom. The average Bonchev–Trinajstić information content (AvgIpc) is 2.76. The van der Waals surface area contributed by atoms with Crippen molar-refractivity contribution < 1.29 is 8.42 Å². The van der Waals surface area contributed by atoms with Gasteiger partial charge in [0.05, 0.1) is 9.92 Å². The summed E-state index contributed by atoms with van der Waals surface area (Å²) in [6.45, 7) is 2.73. The van der Waals surface area contributed by atoms with Gasteiger partial charge in [0.1, 0.15) is 0 Å². The van der Waals surface area contributed by atoms with E-state index in [4.69, 9.17) is 11.6 Å². The van der Waals surface area contributed by atoms with Crippen molar-refractivity contribution >= 4 is 37.6 Å². The minimum atomic E-state index is -3.44. The molecule has 106 valence electrons. The predicted octanol–water partition coefficient (Wildman–Crippen LogP) is 3.82. The molecule has 1 aliphatic carbocycles. The van der Waals surface area contributed by atoms with Crippen LogP contribution in [0.2, 0.25) is 5.02 Å². The molecule has 1 fully saturated rings. The molecule has 0 saturated heterocycles. The number of sulfonamides is 1. The van der Waals surface area contributed by atoms with Gasteiger partial charge in [0.2, 0.25) is 10.0 Å². The second-order valence-electron chi connectivity index (χ2n) is 5.21. The number of hydrogen-bond donors (Lipinski definition) is 1. The minimum absolute atomic E-state index is 0.245. The molecular weight excluding hydrogens is 350 g/mol.